The van der Waals surface area contributed by atoms with Crippen LogP contribution in [0.5, 0.6) is 0 Å². The molecule has 0 aliphatic carbocycles. The fraction of sp³-hybridized carbons (Fsp3) is 0. The normalized spacial score (nSPS) is 10.7. The van der Waals surface area contributed by atoms with Gasteiger partial charge in [0.15, 0.2) is 0 Å². The first kappa shape index (κ1) is 14.1. The molecular weight excluding hydrogens is 324 g/mol. The van der Waals surface area contributed by atoms with Gasteiger partial charge in [0.2, 0.25) is 0 Å². The van der Waals surface area contributed by atoms with Gasteiger partial charge in [0, 0.05) is 22.4 Å². The molecule has 0 saturated heterocycles. The first-order valence-electron chi connectivity index (χ1n) is 5.71. The molecule has 1 amide bonds. The molecule has 0 radical (unpaired) electrons. The second-order valence-corrected chi connectivity index (χ2v) is 4.90. The maximum atomic E-state index is 11.9. The zero-order valence-corrected chi connectivity index (χ0v) is 11.8. The summed E-state index contributed by atoms with van der Waals surface area (Å²) in [5.41, 5.74) is 1.72. The van der Waals surface area contributed by atoms with E-state index < -0.39 is 5.97 Å². The van der Waals surface area contributed by atoms with Gasteiger partial charge in [-0.1, -0.05) is 12.1 Å². The van der Waals surface area contributed by atoms with Crippen LogP contribution in [-0.2, 0) is 4.79 Å². The molecule has 3 N–H and O–H groups in total. The number of aromatic amines is 1. The Balaban J connectivity index is 2.11. The summed E-state index contributed by atoms with van der Waals surface area (Å²) in [4.78, 5) is 25.2. The number of benzene rings is 1. The van der Waals surface area contributed by atoms with Gasteiger partial charge in [-0.15, -0.1) is 0 Å². The lowest BCUT2D eigenvalue weighted by atomic mass is 10.2. The van der Waals surface area contributed by atoms with Crippen LogP contribution in [0.3, 0.4) is 0 Å². The van der Waals surface area contributed by atoms with E-state index in [1.165, 1.54) is 6.08 Å². The number of carbonyl (C=O) groups excluding carboxylic acids is 1. The van der Waals surface area contributed by atoms with Crippen molar-refractivity contribution in [3.8, 4) is 0 Å². The van der Waals surface area contributed by atoms with Gasteiger partial charge in [0.05, 0.1) is 0 Å². The zero-order chi connectivity index (χ0) is 14.5. The van der Waals surface area contributed by atoms with Gasteiger partial charge in [-0.3, -0.25) is 4.79 Å². The van der Waals surface area contributed by atoms with E-state index in [4.69, 9.17) is 5.11 Å². The topological polar surface area (TPSA) is 82.2 Å². The Labute approximate surface area is 123 Å². The van der Waals surface area contributed by atoms with Crippen LogP contribution in [0.15, 0.2) is 47.1 Å². The molecule has 0 atom stereocenters. The van der Waals surface area contributed by atoms with Crippen LogP contribution in [0.4, 0.5) is 5.69 Å². The van der Waals surface area contributed by atoms with Crippen molar-refractivity contribution >= 4 is 39.6 Å². The van der Waals surface area contributed by atoms with Crippen molar-refractivity contribution in [1.82, 2.24) is 4.98 Å². The Bertz CT molecular complexity index is 677. The summed E-state index contributed by atoms with van der Waals surface area (Å²) in [5, 5.41) is 11.3. The minimum atomic E-state index is -1.02. The minimum absolute atomic E-state index is 0.268. The van der Waals surface area contributed by atoms with Crippen molar-refractivity contribution in [2.75, 3.05) is 5.32 Å². The van der Waals surface area contributed by atoms with Gasteiger partial charge in [0.25, 0.3) is 5.91 Å². The number of aromatic nitrogens is 1. The highest BCUT2D eigenvalue weighted by Crippen LogP contribution is 2.15. The molecule has 0 bridgehead atoms. The molecule has 1 aromatic heterocycles. The van der Waals surface area contributed by atoms with E-state index in [1.54, 1.807) is 36.5 Å². The largest absolute Gasteiger partial charge is 0.478 e. The highest BCUT2D eigenvalue weighted by Gasteiger charge is 2.08. The van der Waals surface area contributed by atoms with Crippen LogP contribution in [0, 0.1) is 0 Å². The summed E-state index contributed by atoms with van der Waals surface area (Å²) >= 11 is 3.26. The van der Waals surface area contributed by atoms with E-state index >= 15 is 0 Å². The second-order valence-electron chi connectivity index (χ2n) is 3.98. The van der Waals surface area contributed by atoms with E-state index in [1.807, 2.05) is 0 Å². The van der Waals surface area contributed by atoms with Crippen LogP contribution in [-0.4, -0.2) is 22.0 Å². The number of nitrogens with one attached hydrogen (secondary N) is 2. The Hall–Kier alpha value is -2.34. The molecule has 6 heteroatoms. The summed E-state index contributed by atoms with van der Waals surface area (Å²) in [5.74, 6) is -1.29. The predicted molar refractivity (Wildman–Crippen MR) is 79.6 cm³/mol. The predicted octanol–water partition coefficient (Wildman–Crippen LogP) is 3.13. The van der Waals surface area contributed by atoms with Crippen molar-refractivity contribution in [3.05, 3.63) is 58.3 Å². The average Bonchev–Trinajstić information content (AvgIpc) is 2.84. The van der Waals surface area contributed by atoms with Crippen molar-refractivity contribution in [2.45, 2.75) is 0 Å². The molecule has 20 heavy (non-hydrogen) atoms. The van der Waals surface area contributed by atoms with E-state index in [0.717, 1.165) is 10.5 Å². The van der Waals surface area contributed by atoms with Crippen molar-refractivity contribution in [3.63, 3.8) is 0 Å². The van der Waals surface area contributed by atoms with Crippen LogP contribution in [0.2, 0.25) is 0 Å². The number of amides is 1. The Kier molecular flexibility index (Phi) is 4.37. The third kappa shape index (κ3) is 3.83. The quantitative estimate of drug-likeness (QED) is 0.751. The minimum Gasteiger partial charge on any atom is -0.478 e. The standard InChI is InChI=1S/C14H11BrN2O3/c15-10-7-12(16-8-10)14(20)17-11-3-1-2-9(6-11)4-5-13(18)19/h1-8,16H,(H,17,20)(H,18,19)/b5-4+. The average molecular weight is 335 g/mol. The number of halogens is 1. The monoisotopic (exact) mass is 334 g/mol. The Morgan fingerprint density at radius 3 is 2.75 bits per heavy atom. The van der Waals surface area contributed by atoms with Crippen LogP contribution in [0.1, 0.15) is 16.1 Å². The molecule has 1 aromatic carbocycles. The van der Waals surface area contributed by atoms with E-state index in [0.29, 0.717) is 16.9 Å². The number of aliphatic carboxylic acids is 1. The number of carbonyl (C=O) groups is 2. The summed E-state index contributed by atoms with van der Waals surface area (Å²) in [6, 6.07) is 8.58. The molecule has 0 aliphatic heterocycles. The number of carboxylic acids is 1. The summed E-state index contributed by atoms with van der Waals surface area (Å²) in [6.07, 6.45) is 4.17. The molecule has 0 saturated carbocycles. The highest BCUT2D eigenvalue weighted by atomic mass is 79.9. The third-order valence-electron chi connectivity index (χ3n) is 2.46. The molecule has 0 unspecified atom stereocenters. The fourth-order valence-corrected chi connectivity index (χ4v) is 1.93. The third-order valence-corrected chi connectivity index (χ3v) is 2.91. The first-order valence-corrected chi connectivity index (χ1v) is 6.50. The number of hydrogen-bond donors (Lipinski definition) is 3. The number of anilines is 1. The molecule has 0 fully saturated rings. The van der Waals surface area contributed by atoms with E-state index in [-0.39, 0.29) is 5.91 Å². The molecule has 0 aliphatic rings. The molecule has 2 aromatic rings. The number of rotatable bonds is 4. The van der Waals surface area contributed by atoms with E-state index in [2.05, 4.69) is 26.2 Å². The fourth-order valence-electron chi connectivity index (χ4n) is 1.59. The molecule has 1 heterocycles. The first-order chi connectivity index (χ1) is 9.54. The van der Waals surface area contributed by atoms with Crippen LogP contribution >= 0.6 is 15.9 Å². The van der Waals surface area contributed by atoms with Crippen LogP contribution < -0.4 is 5.32 Å². The lowest BCUT2D eigenvalue weighted by Crippen LogP contribution is -2.12. The lowest BCUT2D eigenvalue weighted by Gasteiger charge is -2.04. The van der Waals surface area contributed by atoms with Crippen molar-refractivity contribution in [2.24, 2.45) is 0 Å². The molecule has 0 spiro atoms. The highest BCUT2D eigenvalue weighted by molar-refractivity contribution is 9.10. The summed E-state index contributed by atoms with van der Waals surface area (Å²) in [6.45, 7) is 0. The van der Waals surface area contributed by atoms with Gasteiger partial charge >= 0.3 is 5.97 Å². The van der Waals surface area contributed by atoms with Gasteiger partial charge in [0.1, 0.15) is 5.69 Å². The van der Waals surface area contributed by atoms with E-state index in [9.17, 15) is 9.59 Å². The maximum absolute atomic E-state index is 11.9. The lowest BCUT2D eigenvalue weighted by molar-refractivity contribution is -0.131. The summed E-state index contributed by atoms with van der Waals surface area (Å²) < 4.78 is 0.792. The van der Waals surface area contributed by atoms with Crippen LogP contribution in [0.25, 0.3) is 6.08 Å². The van der Waals surface area contributed by atoms with Gasteiger partial charge in [-0.2, -0.15) is 0 Å². The molecule has 102 valence electrons. The molecular formula is C14H11BrN2O3. The SMILES string of the molecule is O=C(O)/C=C/c1cccc(NC(=O)c2cc(Br)c[nH]2)c1. The molecule has 2 rings (SSSR count). The van der Waals surface area contributed by atoms with Crippen molar-refractivity contribution < 1.29 is 14.7 Å². The smallest absolute Gasteiger partial charge is 0.328 e. The Morgan fingerprint density at radius 1 is 1.30 bits per heavy atom. The van der Waals surface area contributed by atoms with Crippen molar-refractivity contribution in [1.29, 1.82) is 0 Å². The maximum Gasteiger partial charge on any atom is 0.328 e. The number of H-pyrrole nitrogens is 1. The van der Waals surface area contributed by atoms with Gasteiger partial charge in [-0.25, -0.2) is 4.79 Å². The Morgan fingerprint density at radius 2 is 2.10 bits per heavy atom. The molecule has 5 nitrogen and oxygen atoms in total. The second kappa shape index (κ2) is 6.21. The zero-order valence-electron chi connectivity index (χ0n) is 10.3. The van der Waals surface area contributed by atoms with Gasteiger partial charge < -0.3 is 15.4 Å². The number of hydrogen-bond acceptors (Lipinski definition) is 2. The number of carboxylic acid groups (broad SMARTS) is 1. The summed E-state index contributed by atoms with van der Waals surface area (Å²) in [7, 11) is 0. The van der Waals surface area contributed by atoms with Gasteiger partial charge in [-0.05, 0) is 45.8 Å².